The van der Waals surface area contributed by atoms with Crippen molar-refractivity contribution in [3.63, 3.8) is 0 Å². The third kappa shape index (κ3) is 3.18. The van der Waals surface area contributed by atoms with E-state index in [1.807, 2.05) is 48.5 Å². The lowest BCUT2D eigenvalue weighted by Gasteiger charge is -1.98. The number of para-hydroxylation sites is 2. The highest BCUT2D eigenvalue weighted by atomic mass is 32.1. The van der Waals surface area contributed by atoms with Gasteiger partial charge in [-0.2, -0.15) is 0 Å². The zero-order chi connectivity index (χ0) is 17.2. The van der Waals surface area contributed by atoms with Crippen molar-refractivity contribution in [2.45, 2.75) is 17.7 Å². The lowest BCUT2D eigenvalue weighted by Crippen LogP contribution is -2.03. The molecule has 0 radical (unpaired) electrons. The smallest absolute Gasteiger partial charge is 0.248 e. The first-order chi connectivity index (χ1) is 12.2. The number of benzene rings is 2. The van der Waals surface area contributed by atoms with E-state index < -0.39 is 0 Å². The van der Waals surface area contributed by atoms with Crippen LogP contribution in [0.2, 0.25) is 0 Å². The second-order valence-corrected chi connectivity index (χ2v) is 6.03. The number of aromatic nitrogens is 4. The Bertz CT molecular complexity index is 1020. The van der Waals surface area contributed by atoms with Crippen LogP contribution >= 0.6 is 12.6 Å². The largest absolute Gasteiger partial charge is 0.421 e. The molecule has 0 aliphatic rings. The van der Waals surface area contributed by atoms with Gasteiger partial charge in [-0.25, -0.2) is 4.98 Å². The van der Waals surface area contributed by atoms with Crippen LogP contribution in [0.1, 0.15) is 22.9 Å². The zero-order valence-electron chi connectivity index (χ0n) is 13.1. The summed E-state index contributed by atoms with van der Waals surface area (Å²) in [5.41, 5.74) is 2.39. The second kappa shape index (κ2) is 6.52. The van der Waals surface area contributed by atoms with E-state index in [9.17, 15) is 4.79 Å². The molecule has 2 aromatic heterocycles. The monoisotopic (exact) mass is 350 g/mol. The van der Waals surface area contributed by atoms with Crippen molar-refractivity contribution in [2.75, 3.05) is 0 Å². The quantitative estimate of drug-likeness (QED) is 0.423. The van der Waals surface area contributed by atoms with Crippen molar-refractivity contribution in [3.05, 3.63) is 60.2 Å². The molecule has 7 heteroatoms. The number of H-pyrrole nitrogens is 1. The highest BCUT2D eigenvalue weighted by Crippen LogP contribution is 2.25. The fourth-order valence-corrected chi connectivity index (χ4v) is 2.80. The van der Waals surface area contributed by atoms with E-state index in [2.05, 4.69) is 32.8 Å². The lowest BCUT2D eigenvalue weighted by molar-refractivity contribution is 0.0971. The predicted octanol–water partition coefficient (Wildman–Crippen LogP) is 3.72. The number of hydrogen-bond donors (Lipinski definition) is 2. The maximum absolute atomic E-state index is 12.3. The second-order valence-electron chi connectivity index (χ2n) is 5.54. The molecule has 2 heterocycles. The van der Waals surface area contributed by atoms with Crippen molar-refractivity contribution in [3.8, 4) is 11.5 Å². The van der Waals surface area contributed by atoms with E-state index in [4.69, 9.17) is 4.42 Å². The number of aryl methyl sites for hydroxylation is 1. The van der Waals surface area contributed by atoms with Crippen LogP contribution in [0.3, 0.4) is 0 Å². The minimum absolute atomic E-state index is 0.0921. The minimum Gasteiger partial charge on any atom is -0.421 e. The highest BCUT2D eigenvalue weighted by molar-refractivity contribution is 7.80. The summed E-state index contributed by atoms with van der Waals surface area (Å²) >= 11 is 4.38. The number of hydrogen-bond acceptors (Lipinski definition) is 6. The molecule has 25 heavy (non-hydrogen) atoms. The summed E-state index contributed by atoms with van der Waals surface area (Å²) in [4.78, 5) is 20.4. The molecule has 124 valence electrons. The van der Waals surface area contributed by atoms with Crippen LogP contribution in [0.4, 0.5) is 0 Å². The molecule has 0 unspecified atom stereocenters. The standard InChI is InChI=1S/C18H14N4O2S/c23-14(17-19-12-6-2-3-7-13(12)20-17)9-10-16-21-22-18(24-16)11-5-1-4-8-15(11)25/h1-8,25H,9-10H2,(H,19,20). The Balaban J connectivity index is 1.46. The van der Waals surface area contributed by atoms with E-state index >= 15 is 0 Å². The van der Waals surface area contributed by atoms with Gasteiger partial charge < -0.3 is 9.40 Å². The summed E-state index contributed by atoms with van der Waals surface area (Å²) in [6.07, 6.45) is 0.599. The normalized spacial score (nSPS) is 11.1. The first kappa shape index (κ1) is 15.6. The number of carbonyl (C=O) groups excluding carboxylic acids is 1. The fourth-order valence-electron chi connectivity index (χ4n) is 2.54. The number of fused-ring (bicyclic) bond motifs is 1. The summed E-state index contributed by atoms with van der Waals surface area (Å²) in [7, 11) is 0. The van der Waals surface area contributed by atoms with Crippen molar-refractivity contribution in [1.29, 1.82) is 0 Å². The topological polar surface area (TPSA) is 84.7 Å². The Labute approximate surface area is 148 Å². The summed E-state index contributed by atoms with van der Waals surface area (Å²) in [6, 6.07) is 15.0. The average molecular weight is 350 g/mol. The molecular formula is C18H14N4O2S. The van der Waals surface area contributed by atoms with Crippen molar-refractivity contribution < 1.29 is 9.21 Å². The number of nitrogens with zero attached hydrogens (tertiary/aromatic N) is 3. The molecule has 0 bridgehead atoms. The molecule has 0 aliphatic heterocycles. The van der Waals surface area contributed by atoms with Gasteiger partial charge in [-0.1, -0.05) is 24.3 Å². The van der Waals surface area contributed by atoms with Gasteiger partial charge in [-0.05, 0) is 24.3 Å². The summed E-state index contributed by atoms with van der Waals surface area (Å²) in [6.45, 7) is 0. The number of ketones is 1. The zero-order valence-corrected chi connectivity index (χ0v) is 14.0. The number of aromatic amines is 1. The molecule has 6 nitrogen and oxygen atoms in total. The number of imidazole rings is 1. The van der Waals surface area contributed by atoms with Gasteiger partial charge in [0.25, 0.3) is 0 Å². The van der Waals surface area contributed by atoms with E-state index in [0.717, 1.165) is 21.5 Å². The van der Waals surface area contributed by atoms with Crippen LogP contribution in [0.15, 0.2) is 57.8 Å². The van der Waals surface area contributed by atoms with Gasteiger partial charge in [-0.3, -0.25) is 4.79 Å². The Hall–Kier alpha value is -2.93. The number of carbonyl (C=O) groups is 1. The summed E-state index contributed by atoms with van der Waals surface area (Å²) in [5, 5.41) is 8.04. The van der Waals surface area contributed by atoms with Crippen molar-refractivity contribution in [1.82, 2.24) is 20.2 Å². The van der Waals surface area contributed by atoms with Crippen LogP contribution in [0.5, 0.6) is 0 Å². The molecule has 0 spiro atoms. The molecule has 2 aromatic carbocycles. The number of nitrogens with one attached hydrogen (secondary N) is 1. The van der Waals surface area contributed by atoms with Crippen LogP contribution < -0.4 is 0 Å². The number of Topliss-reactive ketones (excluding diaryl/α,β-unsaturated/α-hetero) is 1. The predicted molar refractivity (Wildman–Crippen MR) is 95.7 cm³/mol. The van der Waals surface area contributed by atoms with E-state index in [1.165, 1.54) is 0 Å². The Morgan fingerprint density at radius 1 is 1.08 bits per heavy atom. The molecule has 1 N–H and O–H groups in total. The fraction of sp³-hybridized carbons (Fsp3) is 0.111. The maximum Gasteiger partial charge on any atom is 0.248 e. The minimum atomic E-state index is -0.0921. The molecular weight excluding hydrogens is 336 g/mol. The molecule has 0 aliphatic carbocycles. The highest BCUT2D eigenvalue weighted by Gasteiger charge is 2.15. The van der Waals surface area contributed by atoms with Gasteiger partial charge in [0, 0.05) is 17.7 Å². The third-order valence-corrected chi connectivity index (χ3v) is 4.21. The first-order valence-electron chi connectivity index (χ1n) is 7.79. The number of rotatable bonds is 5. The van der Waals surface area contributed by atoms with E-state index in [-0.39, 0.29) is 12.2 Å². The van der Waals surface area contributed by atoms with Crippen LogP contribution in [-0.4, -0.2) is 25.9 Å². The van der Waals surface area contributed by atoms with Crippen molar-refractivity contribution >= 4 is 29.4 Å². The van der Waals surface area contributed by atoms with Gasteiger partial charge in [0.2, 0.25) is 11.8 Å². The SMILES string of the molecule is O=C(CCc1nnc(-c2ccccc2S)o1)c1nc2ccccc2[nH]1. The Morgan fingerprint density at radius 3 is 2.72 bits per heavy atom. The Kier molecular flexibility index (Phi) is 4.07. The summed E-state index contributed by atoms with van der Waals surface area (Å²) in [5.74, 6) is 1.07. The van der Waals surface area contributed by atoms with Gasteiger partial charge in [-0.15, -0.1) is 22.8 Å². The van der Waals surface area contributed by atoms with Crippen LogP contribution in [-0.2, 0) is 6.42 Å². The molecule has 4 rings (SSSR count). The molecule has 0 saturated heterocycles. The number of thiol groups is 1. The molecule has 4 aromatic rings. The van der Waals surface area contributed by atoms with Crippen LogP contribution in [0, 0.1) is 0 Å². The maximum atomic E-state index is 12.3. The summed E-state index contributed by atoms with van der Waals surface area (Å²) < 4.78 is 5.64. The molecule has 0 atom stereocenters. The van der Waals surface area contributed by atoms with Crippen LogP contribution in [0.25, 0.3) is 22.5 Å². The third-order valence-electron chi connectivity index (χ3n) is 3.82. The van der Waals surface area contributed by atoms with E-state index in [1.54, 1.807) is 0 Å². The lowest BCUT2D eigenvalue weighted by atomic mass is 10.2. The van der Waals surface area contributed by atoms with Gasteiger partial charge in [0.15, 0.2) is 11.6 Å². The average Bonchev–Trinajstić information content (AvgIpc) is 3.27. The first-order valence-corrected chi connectivity index (χ1v) is 8.24. The van der Waals surface area contributed by atoms with Gasteiger partial charge in [0.05, 0.1) is 16.6 Å². The molecule has 0 saturated carbocycles. The molecule has 0 fully saturated rings. The van der Waals surface area contributed by atoms with E-state index in [0.29, 0.717) is 24.0 Å². The van der Waals surface area contributed by atoms with Crippen molar-refractivity contribution in [2.24, 2.45) is 0 Å². The van der Waals surface area contributed by atoms with Gasteiger partial charge >= 0.3 is 0 Å². The Morgan fingerprint density at radius 2 is 1.88 bits per heavy atom. The van der Waals surface area contributed by atoms with Gasteiger partial charge in [0.1, 0.15) is 0 Å². The molecule has 0 amide bonds.